The van der Waals surface area contributed by atoms with Crippen LogP contribution in [0.25, 0.3) is 5.52 Å². The van der Waals surface area contributed by atoms with E-state index >= 15 is 0 Å². The summed E-state index contributed by atoms with van der Waals surface area (Å²) in [7, 11) is 0. The first kappa shape index (κ1) is 29.9. The third kappa shape index (κ3) is 7.94. The molecule has 3 aromatic rings. The fourth-order valence-corrected chi connectivity index (χ4v) is 4.58. The first-order valence-electron chi connectivity index (χ1n) is 11.9. The van der Waals surface area contributed by atoms with E-state index in [1.54, 1.807) is 59.2 Å². The zero-order valence-corrected chi connectivity index (χ0v) is 24.7. The van der Waals surface area contributed by atoms with Crippen molar-refractivity contribution in [2.45, 2.75) is 84.8 Å². The van der Waals surface area contributed by atoms with Gasteiger partial charge in [-0.05, 0) is 66.5 Å². The highest BCUT2D eigenvalue weighted by Gasteiger charge is 2.29. The topological polar surface area (TPSA) is 98.1 Å². The summed E-state index contributed by atoms with van der Waals surface area (Å²) in [4.78, 5) is 31.3. The van der Waals surface area contributed by atoms with Gasteiger partial charge in [-0.3, -0.25) is 4.90 Å². The van der Waals surface area contributed by atoms with E-state index < -0.39 is 35.6 Å². The second-order valence-electron chi connectivity index (χ2n) is 10.7. The van der Waals surface area contributed by atoms with Gasteiger partial charge >= 0.3 is 12.2 Å². The van der Waals surface area contributed by atoms with Crippen molar-refractivity contribution in [3.8, 4) is 0 Å². The first-order chi connectivity index (χ1) is 17.5. The maximum Gasteiger partial charge on any atom is 0.415 e. The first-order valence-corrected chi connectivity index (χ1v) is 13.6. The largest absolute Gasteiger partial charge is 0.444 e. The van der Waals surface area contributed by atoms with Crippen LogP contribution in [0.1, 0.15) is 59.0 Å². The molecule has 2 amide bonds. The van der Waals surface area contributed by atoms with Gasteiger partial charge < -0.3 is 14.8 Å². The highest BCUT2D eigenvalue weighted by molar-refractivity contribution is 7.09. The van der Waals surface area contributed by atoms with Gasteiger partial charge in [0.1, 0.15) is 27.5 Å². The summed E-state index contributed by atoms with van der Waals surface area (Å²) >= 11 is 14.4. The Labute approximate surface area is 235 Å². The Balaban J connectivity index is 2.03. The molecule has 208 valence electrons. The summed E-state index contributed by atoms with van der Waals surface area (Å²) < 4.78 is 26.9. The van der Waals surface area contributed by atoms with Gasteiger partial charge in [0, 0.05) is 17.6 Å². The molecule has 38 heavy (non-hydrogen) atoms. The number of carbonyl (C=O) groups is 2. The van der Waals surface area contributed by atoms with Gasteiger partial charge in [0.2, 0.25) is 0 Å². The molecule has 13 heteroatoms. The molecule has 3 heterocycles. The SMILES string of the molecule is C[C@H](F)[C@@H](Cc1cc2c(N(Cc3nccs3)C(=O)OC(C)(C)C)cc(Cl)nn2c1Cl)NC(=O)OC(C)(C)C. The lowest BCUT2D eigenvalue weighted by Crippen LogP contribution is -2.44. The summed E-state index contributed by atoms with van der Waals surface area (Å²) in [6, 6.07) is 2.28. The van der Waals surface area contributed by atoms with E-state index in [0.29, 0.717) is 21.8 Å². The molecule has 2 atom stereocenters. The van der Waals surface area contributed by atoms with E-state index in [1.807, 2.05) is 0 Å². The molecule has 0 aliphatic heterocycles. The van der Waals surface area contributed by atoms with Crippen molar-refractivity contribution in [3.05, 3.63) is 44.6 Å². The Morgan fingerprint density at radius 3 is 2.37 bits per heavy atom. The number of carbonyl (C=O) groups excluding carboxylic acids is 2. The van der Waals surface area contributed by atoms with Crippen LogP contribution in [-0.2, 0) is 22.4 Å². The number of alkyl halides is 1. The molecule has 0 fully saturated rings. The number of alkyl carbamates (subject to hydrolysis) is 1. The van der Waals surface area contributed by atoms with Crippen molar-refractivity contribution in [2.75, 3.05) is 4.90 Å². The molecule has 0 aromatic carbocycles. The fraction of sp³-hybridized carbons (Fsp3) is 0.520. The number of halogens is 3. The van der Waals surface area contributed by atoms with E-state index in [9.17, 15) is 14.0 Å². The summed E-state index contributed by atoms with van der Waals surface area (Å²) in [5.74, 6) is 0. The average molecular weight is 589 g/mol. The quantitative estimate of drug-likeness (QED) is 0.325. The number of nitrogens with one attached hydrogen (secondary N) is 1. The van der Waals surface area contributed by atoms with Crippen LogP contribution < -0.4 is 10.2 Å². The van der Waals surface area contributed by atoms with Crippen molar-refractivity contribution in [1.82, 2.24) is 19.9 Å². The lowest BCUT2D eigenvalue weighted by molar-refractivity contribution is 0.0476. The molecule has 9 nitrogen and oxygen atoms in total. The Bertz CT molecular complexity index is 1290. The Morgan fingerprint density at radius 1 is 1.16 bits per heavy atom. The van der Waals surface area contributed by atoms with Gasteiger partial charge in [-0.1, -0.05) is 23.2 Å². The minimum Gasteiger partial charge on any atom is -0.444 e. The zero-order chi connectivity index (χ0) is 28.4. The standard InChI is InChI=1S/C25H32Cl2FN5O4S/c1-14(28)16(30-22(34)36-24(2,3)4)10-15-11-18-17(12-19(26)31-33(18)21(15)27)32(13-20-29-8-9-38-20)23(35)37-25(5,6)7/h8-9,11-12,14,16H,10,13H2,1-7H3,(H,30,34)/t14-,16+/m0/s1. The molecule has 0 aliphatic rings. The third-order valence-corrected chi connectivity index (χ3v) is 6.43. The van der Waals surface area contributed by atoms with Gasteiger partial charge in [0.05, 0.1) is 23.8 Å². The molecule has 0 radical (unpaired) electrons. The number of anilines is 1. The lowest BCUT2D eigenvalue weighted by atomic mass is 10.1. The van der Waals surface area contributed by atoms with Gasteiger partial charge in [0.15, 0.2) is 5.15 Å². The van der Waals surface area contributed by atoms with E-state index in [-0.39, 0.29) is 23.3 Å². The lowest BCUT2D eigenvalue weighted by Gasteiger charge is -2.27. The van der Waals surface area contributed by atoms with Crippen molar-refractivity contribution in [3.63, 3.8) is 0 Å². The van der Waals surface area contributed by atoms with Crippen molar-refractivity contribution in [1.29, 1.82) is 0 Å². The van der Waals surface area contributed by atoms with Gasteiger partial charge in [0.25, 0.3) is 0 Å². The van der Waals surface area contributed by atoms with Gasteiger partial charge in [-0.2, -0.15) is 5.10 Å². The highest BCUT2D eigenvalue weighted by atomic mass is 35.5. The molecule has 0 saturated carbocycles. The molecular weight excluding hydrogens is 556 g/mol. The number of thiazole rings is 1. The van der Waals surface area contributed by atoms with Crippen LogP contribution in [-0.4, -0.2) is 50.2 Å². The third-order valence-electron chi connectivity index (χ3n) is 5.08. The van der Waals surface area contributed by atoms with Gasteiger partial charge in [-0.25, -0.2) is 23.5 Å². The number of amides is 2. The second-order valence-corrected chi connectivity index (χ2v) is 12.5. The van der Waals surface area contributed by atoms with Gasteiger partial charge in [-0.15, -0.1) is 11.3 Å². The molecule has 3 aromatic heterocycles. The van der Waals surface area contributed by atoms with Crippen LogP contribution in [0, 0.1) is 0 Å². The minimum atomic E-state index is -1.42. The summed E-state index contributed by atoms with van der Waals surface area (Å²) in [5.41, 5.74) is -0.179. The predicted octanol–water partition coefficient (Wildman–Crippen LogP) is 6.83. The zero-order valence-electron chi connectivity index (χ0n) is 22.3. The molecule has 1 N–H and O–H groups in total. The number of hydrogen-bond acceptors (Lipinski definition) is 7. The maximum absolute atomic E-state index is 14.5. The van der Waals surface area contributed by atoms with Crippen molar-refractivity contribution >= 4 is 57.9 Å². The monoisotopic (exact) mass is 587 g/mol. The number of ether oxygens (including phenoxy) is 2. The predicted molar refractivity (Wildman–Crippen MR) is 147 cm³/mol. The van der Waals surface area contributed by atoms with Crippen molar-refractivity contribution in [2.24, 2.45) is 0 Å². The Morgan fingerprint density at radius 2 is 1.82 bits per heavy atom. The van der Waals surface area contributed by atoms with Crippen LogP contribution >= 0.6 is 34.5 Å². The second kappa shape index (κ2) is 11.6. The number of fused-ring (bicyclic) bond motifs is 1. The van der Waals surface area contributed by atoms with Crippen LogP contribution in [0.5, 0.6) is 0 Å². The molecule has 3 rings (SSSR count). The van der Waals surface area contributed by atoms with Crippen LogP contribution in [0.3, 0.4) is 0 Å². The number of hydrogen-bond donors (Lipinski definition) is 1. The molecule has 0 aliphatic carbocycles. The highest BCUT2D eigenvalue weighted by Crippen LogP contribution is 2.33. The molecule has 0 unspecified atom stereocenters. The average Bonchev–Trinajstić information content (AvgIpc) is 3.37. The number of aromatic nitrogens is 3. The van der Waals surface area contributed by atoms with E-state index in [1.165, 1.54) is 33.7 Å². The molecular formula is C25H32Cl2FN5O4S. The van der Waals surface area contributed by atoms with E-state index in [4.69, 9.17) is 32.7 Å². The fourth-order valence-electron chi connectivity index (χ4n) is 3.53. The molecule has 0 saturated heterocycles. The smallest absolute Gasteiger partial charge is 0.415 e. The summed E-state index contributed by atoms with van der Waals surface area (Å²) in [5, 5.41) is 9.58. The van der Waals surface area contributed by atoms with E-state index in [2.05, 4.69) is 15.4 Å². The molecule has 0 bridgehead atoms. The minimum absolute atomic E-state index is 0.0368. The summed E-state index contributed by atoms with van der Waals surface area (Å²) in [6.45, 7) is 11.9. The van der Waals surface area contributed by atoms with E-state index in [0.717, 1.165) is 0 Å². The maximum atomic E-state index is 14.5. The molecule has 0 spiro atoms. The Kier molecular flexibility index (Phi) is 9.16. The van der Waals surface area contributed by atoms with Crippen molar-refractivity contribution < 1.29 is 23.5 Å². The van der Waals surface area contributed by atoms with Crippen LogP contribution in [0.4, 0.5) is 19.7 Å². The van der Waals surface area contributed by atoms with Crippen LogP contribution in [0.15, 0.2) is 23.7 Å². The Hall–Kier alpha value is -2.63. The number of nitrogens with zero attached hydrogens (tertiary/aromatic N) is 4. The number of rotatable bonds is 7. The van der Waals surface area contributed by atoms with Crippen LogP contribution in [0.2, 0.25) is 10.3 Å². The normalized spacial score (nSPS) is 13.7. The summed E-state index contributed by atoms with van der Waals surface area (Å²) in [6.07, 6.45) is -1.09.